The van der Waals surface area contributed by atoms with Gasteiger partial charge in [0.15, 0.2) is 6.10 Å². The number of carbonyl (C=O) groups is 4. The fraction of sp³-hybridized carbons (Fsp3) is 0.769. The van der Waals surface area contributed by atoms with E-state index < -0.39 is 47.8 Å². The third-order valence-corrected chi connectivity index (χ3v) is 6.89. The summed E-state index contributed by atoms with van der Waals surface area (Å²) in [4.78, 5) is 53.2. The smallest absolute Gasteiger partial charge is 0.408 e. The Balaban J connectivity index is 1.75. The first-order chi connectivity index (χ1) is 17.5. The molecule has 0 aromatic carbocycles. The second kappa shape index (κ2) is 12.7. The molecule has 11 heteroatoms. The molecule has 0 aromatic rings. The van der Waals surface area contributed by atoms with Crippen LogP contribution in [0.4, 0.5) is 4.79 Å². The average molecular weight is 524 g/mol. The molecule has 37 heavy (non-hydrogen) atoms. The van der Waals surface area contributed by atoms with Crippen LogP contribution in [-0.2, 0) is 28.6 Å². The lowest BCUT2D eigenvalue weighted by Crippen LogP contribution is -2.57. The van der Waals surface area contributed by atoms with Crippen LogP contribution in [0.15, 0.2) is 11.6 Å². The molecule has 1 aliphatic carbocycles. The fourth-order valence-corrected chi connectivity index (χ4v) is 4.94. The number of hydrogen-bond acceptors (Lipinski definition) is 8. The maximum Gasteiger partial charge on any atom is 0.408 e. The maximum absolute atomic E-state index is 13.8. The van der Waals surface area contributed by atoms with Crippen molar-refractivity contribution in [1.29, 1.82) is 0 Å². The van der Waals surface area contributed by atoms with Crippen LogP contribution in [0.3, 0.4) is 0 Å². The molecule has 2 aliphatic heterocycles. The van der Waals surface area contributed by atoms with Crippen molar-refractivity contribution in [1.82, 2.24) is 15.5 Å². The van der Waals surface area contributed by atoms with Crippen molar-refractivity contribution in [2.75, 3.05) is 26.9 Å². The molecule has 0 radical (unpaired) electrons. The van der Waals surface area contributed by atoms with E-state index in [2.05, 4.69) is 15.4 Å². The van der Waals surface area contributed by atoms with Gasteiger partial charge in [-0.15, -0.1) is 0 Å². The van der Waals surface area contributed by atoms with E-state index in [4.69, 9.17) is 9.47 Å². The number of esters is 1. The minimum atomic E-state index is -1.53. The van der Waals surface area contributed by atoms with Crippen LogP contribution in [-0.4, -0.2) is 90.6 Å². The zero-order chi connectivity index (χ0) is 27.2. The van der Waals surface area contributed by atoms with Crippen LogP contribution in [0.5, 0.6) is 0 Å². The predicted molar refractivity (Wildman–Crippen MR) is 133 cm³/mol. The second-order valence-electron chi connectivity index (χ2n) is 11.0. The summed E-state index contributed by atoms with van der Waals surface area (Å²) in [6.07, 6.45) is 4.57. The Bertz CT molecular complexity index is 880. The highest BCUT2D eigenvalue weighted by Crippen LogP contribution is 2.26. The highest BCUT2D eigenvalue weighted by atomic mass is 16.6. The third kappa shape index (κ3) is 7.91. The Labute approximate surface area is 218 Å². The third-order valence-electron chi connectivity index (χ3n) is 6.89. The molecule has 2 saturated heterocycles. The molecule has 208 valence electrons. The first kappa shape index (κ1) is 28.9. The molecule has 2 unspecified atom stereocenters. The Morgan fingerprint density at radius 2 is 1.89 bits per heavy atom. The van der Waals surface area contributed by atoms with E-state index >= 15 is 0 Å². The summed E-state index contributed by atoms with van der Waals surface area (Å²) in [5.74, 6) is -1.55. The van der Waals surface area contributed by atoms with Gasteiger partial charge < -0.3 is 34.9 Å². The van der Waals surface area contributed by atoms with Gasteiger partial charge in [0.2, 0.25) is 11.8 Å². The maximum atomic E-state index is 13.8. The Morgan fingerprint density at radius 1 is 1.16 bits per heavy atom. The normalized spacial score (nSPS) is 22.7. The lowest BCUT2D eigenvalue weighted by Gasteiger charge is -2.34. The second-order valence-corrected chi connectivity index (χ2v) is 11.0. The standard InChI is InChI=1S/C26H41N3O8/c1-26(2,3)37-25(34)28-20(17-9-6-5-7-10-17)23(32)29-12-8-11-19(29)22(31)27-18(13-16-14-36-15-16)21(30)24(33)35-4/h9,16,18-21,30H,5-8,10-15H2,1-4H3,(H,27,31)(H,28,34)/t18?,19-,20-,21?/m0/s1. The van der Waals surface area contributed by atoms with Crippen LogP contribution in [0.2, 0.25) is 0 Å². The zero-order valence-electron chi connectivity index (χ0n) is 22.3. The lowest BCUT2D eigenvalue weighted by molar-refractivity contribution is -0.154. The highest BCUT2D eigenvalue weighted by molar-refractivity contribution is 5.94. The molecule has 0 spiro atoms. The predicted octanol–water partition coefficient (Wildman–Crippen LogP) is 1.43. The molecule has 2 fully saturated rings. The summed E-state index contributed by atoms with van der Waals surface area (Å²) in [7, 11) is 1.17. The van der Waals surface area contributed by atoms with E-state index in [1.165, 1.54) is 12.0 Å². The van der Waals surface area contributed by atoms with Gasteiger partial charge >= 0.3 is 12.1 Å². The van der Waals surface area contributed by atoms with Gasteiger partial charge in [-0.25, -0.2) is 9.59 Å². The van der Waals surface area contributed by atoms with Gasteiger partial charge in [0.25, 0.3) is 0 Å². The van der Waals surface area contributed by atoms with Crippen molar-refractivity contribution in [2.24, 2.45) is 5.92 Å². The molecule has 3 rings (SSSR count). The SMILES string of the molecule is COC(=O)C(O)C(CC1COC1)NC(=O)[C@@H]1CCCN1C(=O)[C@@H](NC(=O)OC(C)(C)C)C1=CCCCC1. The molecule has 3 aliphatic rings. The molecule has 0 bridgehead atoms. The number of methoxy groups -OCH3 is 1. The lowest BCUT2D eigenvalue weighted by atomic mass is 9.92. The molecule has 2 heterocycles. The van der Waals surface area contributed by atoms with Crippen molar-refractivity contribution >= 4 is 23.9 Å². The molecule has 0 saturated carbocycles. The zero-order valence-corrected chi connectivity index (χ0v) is 22.3. The van der Waals surface area contributed by atoms with Crippen LogP contribution < -0.4 is 10.6 Å². The van der Waals surface area contributed by atoms with E-state index in [1.54, 1.807) is 20.8 Å². The number of hydrogen-bond donors (Lipinski definition) is 3. The fourth-order valence-electron chi connectivity index (χ4n) is 4.94. The van der Waals surface area contributed by atoms with Crippen molar-refractivity contribution < 1.29 is 38.5 Å². The number of nitrogens with one attached hydrogen (secondary N) is 2. The Morgan fingerprint density at radius 3 is 2.46 bits per heavy atom. The van der Waals surface area contributed by atoms with E-state index in [-0.39, 0.29) is 11.8 Å². The molecular weight excluding hydrogens is 482 g/mol. The van der Waals surface area contributed by atoms with Crippen LogP contribution in [0, 0.1) is 5.92 Å². The largest absolute Gasteiger partial charge is 0.467 e. The molecule has 4 atom stereocenters. The van der Waals surface area contributed by atoms with Crippen molar-refractivity contribution in [3.05, 3.63) is 11.6 Å². The molecule has 11 nitrogen and oxygen atoms in total. The summed E-state index contributed by atoms with van der Waals surface area (Å²) < 4.78 is 15.3. The minimum absolute atomic E-state index is 0.103. The van der Waals surface area contributed by atoms with Gasteiger partial charge in [-0.05, 0) is 71.3 Å². The minimum Gasteiger partial charge on any atom is -0.467 e. The number of aliphatic hydroxyl groups is 1. The number of rotatable bonds is 9. The summed E-state index contributed by atoms with van der Waals surface area (Å²) >= 11 is 0. The number of likely N-dealkylation sites (tertiary alicyclic amines) is 1. The van der Waals surface area contributed by atoms with Crippen LogP contribution >= 0.6 is 0 Å². The summed E-state index contributed by atoms with van der Waals surface area (Å²) in [6, 6.07) is -2.58. The number of amides is 3. The number of carbonyl (C=O) groups excluding carboxylic acids is 4. The van der Waals surface area contributed by atoms with Crippen molar-refractivity contribution in [3.8, 4) is 0 Å². The summed E-state index contributed by atoms with van der Waals surface area (Å²) in [5.41, 5.74) is 0.0903. The summed E-state index contributed by atoms with van der Waals surface area (Å²) in [6.45, 7) is 6.58. The molecule has 0 aromatic heterocycles. The number of allylic oxidation sites excluding steroid dienone is 1. The number of ether oxygens (including phenoxy) is 3. The van der Waals surface area contributed by atoms with Crippen molar-refractivity contribution in [2.45, 2.75) is 95.5 Å². The molecule has 3 N–H and O–H groups in total. The van der Waals surface area contributed by atoms with Gasteiger partial charge in [-0.1, -0.05) is 6.08 Å². The number of aliphatic hydroxyl groups excluding tert-OH is 1. The Kier molecular flexibility index (Phi) is 9.94. The van der Waals surface area contributed by atoms with Gasteiger partial charge in [0.05, 0.1) is 26.4 Å². The Hall–Kier alpha value is -2.66. The van der Waals surface area contributed by atoms with E-state index in [1.807, 2.05) is 6.08 Å². The van der Waals surface area contributed by atoms with Crippen LogP contribution in [0.25, 0.3) is 0 Å². The van der Waals surface area contributed by atoms with E-state index in [9.17, 15) is 24.3 Å². The van der Waals surface area contributed by atoms with Gasteiger partial charge in [0, 0.05) is 12.5 Å². The monoisotopic (exact) mass is 523 g/mol. The first-order valence-electron chi connectivity index (χ1n) is 13.1. The summed E-state index contributed by atoms with van der Waals surface area (Å²) in [5, 5.41) is 16.0. The quantitative estimate of drug-likeness (QED) is 0.304. The topological polar surface area (TPSA) is 144 Å². The number of nitrogens with zero attached hydrogens (tertiary/aromatic N) is 1. The van der Waals surface area contributed by atoms with E-state index in [0.29, 0.717) is 45.4 Å². The molecule has 3 amide bonds. The van der Waals surface area contributed by atoms with E-state index in [0.717, 1.165) is 24.8 Å². The first-order valence-corrected chi connectivity index (χ1v) is 13.1. The highest BCUT2D eigenvalue weighted by Gasteiger charge is 2.41. The van der Waals surface area contributed by atoms with Gasteiger partial charge in [0.1, 0.15) is 17.7 Å². The van der Waals surface area contributed by atoms with Crippen molar-refractivity contribution in [3.63, 3.8) is 0 Å². The molecular formula is C26H41N3O8. The number of alkyl carbamates (subject to hydrolysis) is 1. The van der Waals surface area contributed by atoms with Gasteiger partial charge in [-0.3, -0.25) is 9.59 Å². The average Bonchev–Trinajstić information content (AvgIpc) is 3.32. The van der Waals surface area contributed by atoms with Gasteiger partial charge in [-0.2, -0.15) is 0 Å². The van der Waals surface area contributed by atoms with Crippen LogP contribution in [0.1, 0.15) is 65.7 Å².